The van der Waals surface area contributed by atoms with Gasteiger partial charge in [-0.3, -0.25) is 0 Å². The lowest BCUT2D eigenvalue weighted by molar-refractivity contribution is 0.569. The molecule has 0 aromatic carbocycles. The van der Waals surface area contributed by atoms with Gasteiger partial charge in [0, 0.05) is 6.04 Å². The van der Waals surface area contributed by atoms with E-state index in [1.54, 1.807) is 6.92 Å². The van der Waals surface area contributed by atoms with Crippen LogP contribution in [0.25, 0.3) is 0 Å². The Hall–Kier alpha value is -0.0900. The van der Waals surface area contributed by atoms with Gasteiger partial charge in [0.1, 0.15) is 0 Å². The Balaban J connectivity index is 4.23. The minimum atomic E-state index is -2.95. The van der Waals surface area contributed by atoms with E-state index in [1.807, 2.05) is 13.8 Å². The minimum Gasteiger partial charge on any atom is -0.327 e. The quantitative estimate of drug-likeness (QED) is 0.707. The number of sulfone groups is 1. The molecule has 0 saturated heterocycles. The van der Waals surface area contributed by atoms with Gasteiger partial charge in [0.25, 0.3) is 0 Å². The molecule has 0 radical (unpaired) electrons. The van der Waals surface area contributed by atoms with Crippen LogP contribution in [-0.4, -0.2) is 25.5 Å². The van der Waals surface area contributed by atoms with E-state index in [4.69, 9.17) is 5.73 Å². The van der Waals surface area contributed by atoms with Gasteiger partial charge in [0.2, 0.25) is 0 Å². The van der Waals surface area contributed by atoms with Gasteiger partial charge in [-0.1, -0.05) is 13.8 Å². The highest BCUT2D eigenvalue weighted by molar-refractivity contribution is 7.92. The summed E-state index contributed by atoms with van der Waals surface area (Å²) in [6, 6.07) is -0.205. The van der Waals surface area contributed by atoms with Crippen molar-refractivity contribution in [3.05, 3.63) is 0 Å². The molecule has 0 aromatic rings. The topological polar surface area (TPSA) is 60.2 Å². The zero-order valence-corrected chi connectivity index (χ0v) is 8.89. The molecule has 0 rings (SSSR count). The van der Waals surface area contributed by atoms with Gasteiger partial charge in [0.05, 0.1) is 11.0 Å². The second-order valence-electron chi connectivity index (χ2n) is 3.22. The van der Waals surface area contributed by atoms with Crippen LogP contribution in [-0.2, 0) is 9.84 Å². The monoisotopic (exact) mass is 193 g/mol. The van der Waals surface area contributed by atoms with Crippen LogP contribution in [0.3, 0.4) is 0 Å². The second-order valence-corrected chi connectivity index (χ2v) is 5.68. The molecule has 2 atom stereocenters. The van der Waals surface area contributed by atoms with Gasteiger partial charge in [-0.2, -0.15) is 0 Å². The number of rotatable bonds is 5. The van der Waals surface area contributed by atoms with Crippen LogP contribution < -0.4 is 5.73 Å². The van der Waals surface area contributed by atoms with Gasteiger partial charge >= 0.3 is 0 Å². The summed E-state index contributed by atoms with van der Waals surface area (Å²) >= 11 is 0. The first-order valence-corrected chi connectivity index (χ1v) is 6.12. The fraction of sp³-hybridized carbons (Fsp3) is 1.00. The molecule has 0 bridgehead atoms. The summed E-state index contributed by atoms with van der Waals surface area (Å²) in [5.74, 6) is 0.124. The SMILES string of the molecule is CCC(N)CS(=O)(=O)C(C)CC. The van der Waals surface area contributed by atoms with Crippen molar-refractivity contribution in [1.82, 2.24) is 0 Å². The average Bonchev–Trinajstić information content (AvgIpc) is 2.02. The first kappa shape index (κ1) is 11.9. The summed E-state index contributed by atoms with van der Waals surface area (Å²) < 4.78 is 22.9. The van der Waals surface area contributed by atoms with Gasteiger partial charge in [-0.25, -0.2) is 8.42 Å². The third kappa shape index (κ3) is 3.54. The van der Waals surface area contributed by atoms with Gasteiger partial charge in [-0.15, -0.1) is 0 Å². The molecule has 0 saturated carbocycles. The summed E-state index contributed by atoms with van der Waals surface area (Å²) in [7, 11) is -2.95. The van der Waals surface area contributed by atoms with Crippen molar-refractivity contribution >= 4 is 9.84 Å². The number of nitrogens with two attached hydrogens (primary N) is 1. The Kier molecular flexibility index (Phi) is 4.78. The molecule has 0 aliphatic carbocycles. The Bertz CT molecular complexity index is 211. The van der Waals surface area contributed by atoms with Crippen molar-refractivity contribution in [2.24, 2.45) is 5.73 Å². The molecule has 0 aromatic heterocycles. The van der Waals surface area contributed by atoms with E-state index < -0.39 is 9.84 Å². The summed E-state index contributed by atoms with van der Waals surface area (Å²) in [6.07, 6.45) is 1.38. The Morgan fingerprint density at radius 1 is 1.25 bits per heavy atom. The van der Waals surface area contributed by atoms with Crippen molar-refractivity contribution in [3.8, 4) is 0 Å². The molecule has 12 heavy (non-hydrogen) atoms. The standard InChI is InChI=1S/C8H19NO2S/c1-4-7(3)12(10,11)6-8(9)5-2/h7-8H,4-6,9H2,1-3H3. The Labute approximate surface area is 75.3 Å². The maximum atomic E-state index is 11.5. The van der Waals surface area contributed by atoms with Crippen LogP contribution in [0.15, 0.2) is 0 Å². The van der Waals surface area contributed by atoms with Crippen LogP contribution in [0.2, 0.25) is 0 Å². The smallest absolute Gasteiger partial charge is 0.154 e. The third-order valence-corrected chi connectivity index (χ3v) is 4.61. The highest BCUT2D eigenvalue weighted by Gasteiger charge is 2.21. The molecule has 2 unspecified atom stereocenters. The maximum absolute atomic E-state index is 11.5. The van der Waals surface area contributed by atoms with Gasteiger partial charge < -0.3 is 5.73 Å². The van der Waals surface area contributed by atoms with Crippen molar-refractivity contribution in [3.63, 3.8) is 0 Å². The zero-order chi connectivity index (χ0) is 9.78. The first-order valence-electron chi connectivity index (χ1n) is 4.41. The minimum absolute atomic E-state index is 0.124. The summed E-state index contributed by atoms with van der Waals surface area (Å²) in [4.78, 5) is 0. The molecule has 0 aliphatic rings. The van der Waals surface area contributed by atoms with Gasteiger partial charge in [0.15, 0.2) is 9.84 Å². The summed E-state index contributed by atoms with van der Waals surface area (Å²) in [5, 5.41) is -0.255. The van der Waals surface area contributed by atoms with E-state index in [0.717, 1.165) is 6.42 Å². The van der Waals surface area contributed by atoms with Crippen molar-refractivity contribution in [2.75, 3.05) is 5.75 Å². The van der Waals surface area contributed by atoms with E-state index in [0.29, 0.717) is 6.42 Å². The van der Waals surface area contributed by atoms with Crippen LogP contribution in [0.1, 0.15) is 33.6 Å². The summed E-state index contributed by atoms with van der Waals surface area (Å²) in [6.45, 7) is 5.51. The molecule has 2 N–H and O–H groups in total. The van der Waals surface area contributed by atoms with Gasteiger partial charge in [-0.05, 0) is 19.8 Å². The fourth-order valence-corrected chi connectivity index (χ4v) is 2.50. The van der Waals surface area contributed by atoms with E-state index in [1.165, 1.54) is 0 Å². The normalized spacial score (nSPS) is 17.3. The molecule has 3 nitrogen and oxygen atoms in total. The highest BCUT2D eigenvalue weighted by atomic mass is 32.2. The molecular formula is C8H19NO2S. The maximum Gasteiger partial charge on any atom is 0.154 e. The lowest BCUT2D eigenvalue weighted by Crippen LogP contribution is -2.33. The molecule has 0 heterocycles. The van der Waals surface area contributed by atoms with Crippen LogP contribution in [0, 0.1) is 0 Å². The lowest BCUT2D eigenvalue weighted by Gasteiger charge is -2.13. The van der Waals surface area contributed by atoms with E-state index >= 15 is 0 Å². The predicted molar refractivity (Wildman–Crippen MR) is 51.8 cm³/mol. The largest absolute Gasteiger partial charge is 0.327 e. The van der Waals surface area contributed by atoms with Crippen molar-refractivity contribution in [2.45, 2.75) is 44.9 Å². The molecule has 4 heteroatoms. The molecule has 0 aliphatic heterocycles. The Morgan fingerprint density at radius 2 is 1.75 bits per heavy atom. The highest BCUT2D eigenvalue weighted by Crippen LogP contribution is 2.07. The molecule has 74 valence electrons. The van der Waals surface area contributed by atoms with Crippen molar-refractivity contribution in [1.29, 1.82) is 0 Å². The van der Waals surface area contributed by atoms with Crippen LogP contribution in [0.4, 0.5) is 0 Å². The van der Waals surface area contributed by atoms with E-state index in [-0.39, 0.29) is 17.0 Å². The predicted octanol–water partition coefficient (Wildman–Crippen LogP) is 0.937. The number of hydrogen-bond acceptors (Lipinski definition) is 3. The molecular weight excluding hydrogens is 174 g/mol. The van der Waals surface area contributed by atoms with E-state index in [2.05, 4.69) is 0 Å². The first-order chi connectivity index (χ1) is 5.44. The number of hydrogen-bond donors (Lipinski definition) is 1. The average molecular weight is 193 g/mol. The molecule has 0 spiro atoms. The van der Waals surface area contributed by atoms with Crippen LogP contribution in [0.5, 0.6) is 0 Å². The summed E-state index contributed by atoms with van der Waals surface area (Å²) in [5.41, 5.74) is 5.57. The van der Waals surface area contributed by atoms with E-state index in [9.17, 15) is 8.42 Å². The molecule has 0 fully saturated rings. The van der Waals surface area contributed by atoms with Crippen molar-refractivity contribution < 1.29 is 8.42 Å². The lowest BCUT2D eigenvalue weighted by atomic mass is 10.3. The third-order valence-electron chi connectivity index (χ3n) is 2.16. The molecule has 0 amide bonds. The second kappa shape index (κ2) is 4.82. The fourth-order valence-electron chi connectivity index (χ4n) is 0.834. The van der Waals surface area contributed by atoms with Crippen LogP contribution >= 0.6 is 0 Å². The zero-order valence-electron chi connectivity index (χ0n) is 8.08. The Morgan fingerprint density at radius 3 is 2.08 bits per heavy atom.